The monoisotopic (exact) mass is 366 g/mol. The van der Waals surface area contributed by atoms with Crippen LogP contribution in [0.2, 0.25) is 0 Å². The van der Waals surface area contributed by atoms with E-state index in [1.807, 2.05) is 36.4 Å². The molecule has 27 heavy (non-hydrogen) atoms. The average Bonchev–Trinajstić information content (AvgIpc) is 3.13. The van der Waals surface area contributed by atoms with E-state index in [4.69, 9.17) is 14.2 Å². The number of aromatic nitrogens is 1. The van der Waals surface area contributed by atoms with Crippen LogP contribution in [0.25, 0.3) is 10.9 Å². The van der Waals surface area contributed by atoms with Gasteiger partial charge in [-0.05, 0) is 42.8 Å². The van der Waals surface area contributed by atoms with Crippen molar-refractivity contribution >= 4 is 16.6 Å². The maximum Gasteiger partial charge on any atom is 0.253 e. The largest absolute Gasteiger partial charge is 0.494 e. The number of anilines is 1. The molecule has 4 rings (SSSR count). The lowest BCUT2D eigenvalue weighted by molar-refractivity contribution is 0.174. The van der Waals surface area contributed by atoms with Crippen molar-refractivity contribution in [1.82, 2.24) is 4.98 Å². The molecular weight excluding hydrogens is 344 g/mol. The standard InChI is InChI=1S/C21H22N2O4/c1-2-3-8-25-17-6-4-16(5-7-17)22-12-15-9-14-10-19-20(27-13-26-19)11-18(14)23-21(15)24/h4-7,9-11,22H,2-3,8,12-13H2,1H3,(H,23,24). The van der Waals surface area contributed by atoms with E-state index in [0.29, 0.717) is 23.6 Å². The SMILES string of the molecule is CCCCOc1ccc(NCc2cc3cc4c(cc3[nH]c2=O)OCO4)cc1. The number of rotatable bonds is 7. The molecule has 0 bridgehead atoms. The maximum absolute atomic E-state index is 12.4. The third-order valence-electron chi connectivity index (χ3n) is 4.52. The Labute approximate surface area is 157 Å². The summed E-state index contributed by atoms with van der Waals surface area (Å²) < 4.78 is 16.4. The Morgan fingerprint density at radius 3 is 2.67 bits per heavy atom. The van der Waals surface area contributed by atoms with Crippen LogP contribution >= 0.6 is 0 Å². The molecule has 6 nitrogen and oxygen atoms in total. The van der Waals surface area contributed by atoms with Crippen LogP contribution in [0.1, 0.15) is 25.3 Å². The summed E-state index contributed by atoms with van der Waals surface area (Å²) in [6.07, 6.45) is 2.16. The quantitative estimate of drug-likeness (QED) is 0.617. The number of unbranched alkanes of at least 4 members (excludes halogenated alkanes) is 1. The number of hydrogen-bond donors (Lipinski definition) is 2. The van der Waals surface area contributed by atoms with E-state index in [9.17, 15) is 4.79 Å². The van der Waals surface area contributed by atoms with Gasteiger partial charge in [0.1, 0.15) is 5.75 Å². The predicted molar refractivity (Wildman–Crippen MR) is 105 cm³/mol. The molecule has 0 saturated carbocycles. The summed E-state index contributed by atoms with van der Waals surface area (Å²) in [7, 11) is 0. The minimum Gasteiger partial charge on any atom is -0.494 e. The Bertz CT molecular complexity index is 995. The number of hydrogen-bond acceptors (Lipinski definition) is 5. The maximum atomic E-state index is 12.4. The zero-order chi connectivity index (χ0) is 18.6. The van der Waals surface area contributed by atoms with Crippen LogP contribution in [-0.2, 0) is 6.54 Å². The molecule has 0 radical (unpaired) electrons. The van der Waals surface area contributed by atoms with Crippen molar-refractivity contribution in [2.24, 2.45) is 0 Å². The Kier molecular flexibility index (Phi) is 4.87. The van der Waals surface area contributed by atoms with Gasteiger partial charge in [0.05, 0.1) is 12.1 Å². The molecule has 3 aromatic rings. The van der Waals surface area contributed by atoms with Crippen LogP contribution in [0.15, 0.2) is 47.3 Å². The van der Waals surface area contributed by atoms with Crippen LogP contribution in [0, 0.1) is 0 Å². The Hall–Kier alpha value is -3.15. The topological polar surface area (TPSA) is 72.6 Å². The van der Waals surface area contributed by atoms with Crippen molar-refractivity contribution < 1.29 is 14.2 Å². The van der Waals surface area contributed by atoms with Gasteiger partial charge in [-0.25, -0.2) is 0 Å². The highest BCUT2D eigenvalue weighted by Crippen LogP contribution is 2.35. The van der Waals surface area contributed by atoms with Crippen molar-refractivity contribution in [2.45, 2.75) is 26.3 Å². The second-order valence-corrected chi connectivity index (χ2v) is 6.50. The van der Waals surface area contributed by atoms with Crippen LogP contribution < -0.4 is 25.1 Å². The van der Waals surface area contributed by atoms with Crippen LogP contribution in [-0.4, -0.2) is 18.4 Å². The molecule has 2 heterocycles. The van der Waals surface area contributed by atoms with Gasteiger partial charge in [0.15, 0.2) is 11.5 Å². The molecule has 2 aromatic carbocycles. The molecule has 1 aromatic heterocycles. The van der Waals surface area contributed by atoms with E-state index in [2.05, 4.69) is 17.2 Å². The lowest BCUT2D eigenvalue weighted by Gasteiger charge is -2.09. The molecule has 1 aliphatic rings. The number of pyridine rings is 1. The average molecular weight is 366 g/mol. The summed E-state index contributed by atoms with van der Waals surface area (Å²) >= 11 is 0. The van der Waals surface area contributed by atoms with Gasteiger partial charge in [-0.15, -0.1) is 0 Å². The summed E-state index contributed by atoms with van der Waals surface area (Å²) in [5.74, 6) is 2.21. The van der Waals surface area contributed by atoms with Crippen LogP contribution in [0.5, 0.6) is 17.2 Å². The summed E-state index contributed by atoms with van der Waals surface area (Å²) in [4.78, 5) is 15.3. The Morgan fingerprint density at radius 1 is 1.11 bits per heavy atom. The molecule has 0 atom stereocenters. The summed E-state index contributed by atoms with van der Waals surface area (Å²) in [5.41, 5.74) is 2.21. The molecule has 0 saturated heterocycles. The highest BCUT2D eigenvalue weighted by Gasteiger charge is 2.15. The van der Waals surface area contributed by atoms with Crippen LogP contribution in [0.3, 0.4) is 0 Å². The molecule has 140 valence electrons. The van der Waals surface area contributed by atoms with Crippen molar-refractivity contribution in [3.8, 4) is 17.2 Å². The molecule has 0 aliphatic carbocycles. The first kappa shape index (κ1) is 17.3. The number of aromatic amines is 1. The molecule has 6 heteroatoms. The number of benzene rings is 2. The van der Waals surface area contributed by atoms with Gasteiger partial charge in [-0.2, -0.15) is 0 Å². The van der Waals surface area contributed by atoms with Crippen LogP contribution in [0.4, 0.5) is 5.69 Å². The first-order valence-electron chi connectivity index (χ1n) is 9.15. The third-order valence-corrected chi connectivity index (χ3v) is 4.52. The summed E-state index contributed by atoms with van der Waals surface area (Å²) in [6, 6.07) is 13.3. The van der Waals surface area contributed by atoms with Crippen molar-refractivity contribution in [3.63, 3.8) is 0 Å². The summed E-state index contributed by atoms with van der Waals surface area (Å²) in [5, 5.41) is 4.19. The fourth-order valence-corrected chi connectivity index (χ4v) is 2.97. The normalized spacial score (nSPS) is 12.3. The van der Waals surface area contributed by atoms with Crippen molar-refractivity contribution in [3.05, 3.63) is 58.4 Å². The fraction of sp³-hybridized carbons (Fsp3) is 0.286. The van der Waals surface area contributed by atoms with Gasteiger partial charge in [-0.3, -0.25) is 4.79 Å². The van der Waals surface area contributed by atoms with Crippen molar-refractivity contribution in [1.29, 1.82) is 0 Å². The number of nitrogens with one attached hydrogen (secondary N) is 2. The van der Waals surface area contributed by atoms with Gasteiger partial charge < -0.3 is 24.5 Å². The third kappa shape index (κ3) is 3.84. The first-order valence-corrected chi connectivity index (χ1v) is 9.15. The van der Waals surface area contributed by atoms with E-state index in [0.717, 1.165) is 41.8 Å². The first-order chi connectivity index (χ1) is 13.2. The zero-order valence-corrected chi connectivity index (χ0v) is 15.2. The highest BCUT2D eigenvalue weighted by molar-refractivity contribution is 5.83. The minimum atomic E-state index is -0.117. The number of fused-ring (bicyclic) bond motifs is 2. The number of H-pyrrole nitrogens is 1. The highest BCUT2D eigenvalue weighted by atomic mass is 16.7. The van der Waals surface area contributed by atoms with Gasteiger partial charge in [-0.1, -0.05) is 13.3 Å². The predicted octanol–water partition coefficient (Wildman–Crippen LogP) is 4.05. The van der Waals surface area contributed by atoms with E-state index in [-0.39, 0.29) is 12.4 Å². The second-order valence-electron chi connectivity index (χ2n) is 6.50. The lowest BCUT2D eigenvalue weighted by atomic mass is 10.1. The van der Waals surface area contributed by atoms with Gasteiger partial charge in [0.25, 0.3) is 5.56 Å². The number of ether oxygens (including phenoxy) is 3. The smallest absolute Gasteiger partial charge is 0.253 e. The minimum absolute atomic E-state index is 0.117. The second kappa shape index (κ2) is 7.61. The zero-order valence-electron chi connectivity index (χ0n) is 15.2. The Morgan fingerprint density at radius 2 is 1.89 bits per heavy atom. The molecular formula is C21H22N2O4. The van der Waals surface area contributed by atoms with Gasteiger partial charge >= 0.3 is 0 Å². The summed E-state index contributed by atoms with van der Waals surface area (Å²) in [6.45, 7) is 3.51. The van der Waals surface area contributed by atoms with Crippen molar-refractivity contribution in [2.75, 3.05) is 18.7 Å². The van der Waals surface area contributed by atoms with Gasteiger partial charge in [0.2, 0.25) is 6.79 Å². The lowest BCUT2D eigenvalue weighted by Crippen LogP contribution is -2.15. The molecule has 0 amide bonds. The molecule has 0 fully saturated rings. The Balaban J connectivity index is 1.46. The van der Waals surface area contributed by atoms with E-state index in [1.165, 1.54) is 0 Å². The van der Waals surface area contributed by atoms with Gasteiger partial charge in [0, 0.05) is 29.2 Å². The molecule has 1 aliphatic heterocycles. The van der Waals surface area contributed by atoms with E-state index >= 15 is 0 Å². The molecule has 0 spiro atoms. The van der Waals surface area contributed by atoms with E-state index < -0.39 is 0 Å². The van der Waals surface area contributed by atoms with E-state index in [1.54, 1.807) is 6.07 Å². The fourth-order valence-electron chi connectivity index (χ4n) is 2.97. The molecule has 2 N–H and O–H groups in total. The molecule has 0 unspecified atom stereocenters.